The molecule has 1 atom stereocenters. The van der Waals surface area contributed by atoms with Crippen LogP contribution in [0.4, 0.5) is 4.39 Å². The van der Waals surface area contributed by atoms with E-state index in [4.69, 9.17) is 4.74 Å². The molecule has 0 aliphatic rings. The molecule has 0 radical (unpaired) electrons. The van der Waals surface area contributed by atoms with Crippen molar-refractivity contribution in [3.63, 3.8) is 0 Å². The number of nitrogens with zero attached hydrogens (tertiary/aromatic N) is 2. The highest BCUT2D eigenvalue weighted by atomic mass is 19.1. The summed E-state index contributed by atoms with van der Waals surface area (Å²) in [5.41, 5.74) is 3.71. The Balaban J connectivity index is 1.61. The van der Waals surface area contributed by atoms with E-state index in [1.807, 2.05) is 38.1 Å². The highest BCUT2D eigenvalue weighted by molar-refractivity contribution is 5.78. The highest BCUT2D eigenvalue weighted by Gasteiger charge is 2.17. The van der Waals surface area contributed by atoms with Crippen LogP contribution in [0.1, 0.15) is 49.6 Å². The Kier molecular flexibility index (Phi) is 6.32. The molecule has 152 valence electrons. The number of hydrogen-bond acceptors (Lipinski definition) is 3. The monoisotopic (exact) mass is 395 g/mol. The van der Waals surface area contributed by atoms with E-state index in [9.17, 15) is 9.18 Å². The van der Waals surface area contributed by atoms with Crippen LogP contribution in [0.25, 0.3) is 5.69 Å². The summed E-state index contributed by atoms with van der Waals surface area (Å²) in [6.45, 7) is 7.99. The van der Waals surface area contributed by atoms with Crippen LogP contribution in [0.3, 0.4) is 0 Å². The van der Waals surface area contributed by atoms with Crippen LogP contribution < -0.4 is 10.1 Å². The molecular formula is C23H26FN3O2. The maximum absolute atomic E-state index is 13.1. The van der Waals surface area contributed by atoms with E-state index in [0.29, 0.717) is 11.7 Å². The number of nitrogens with one attached hydrogen (secondary N) is 1. The number of hydrogen-bond donors (Lipinski definition) is 1. The molecule has 0 aliphatic heterocycles. The van der Waals surface area contributed by atoms with Gasteiger partial charge in [0.2, 0.25) is 0 Å². The van der Waals surface area contributed by atoms with E-state index in [1.165, 1.54) is 17.7 Å². The van der Waals surface area contributed by atoms with Gasteiger partial charge in [0.05, 0.1) is 17.9 Å². The molecule has 0 aliphatic carbocycles. The first-order valence-corrected chi connectivity index (χ1v) is 9.67. The molecule has 1 unspecified atom stereocenters. The summed E-state index contributed by atoms with van der Waals surface area (Å²) < 4.78 is 20.5. The van der Waals surface area contributed by atoms with E-state index >= 15 is 0 Å². The van der Waals surface area contributed by atoms with Crippen LogP contribution in [0, 0.1) is 12.7 Å². The fraction of sp³-hybridized carbons (Fsp3) is 0.304. The minimum absolute atomic E-state index is 0.0585. The van der Waals surface area contributed by atoms with Crippen LogP contribution in [0.15, 0.2) is 54.7 Å². The molecule has 5 nitrogen and oxygen atoms in total. The SMILES string of the molecule is Cc1c(C(C)NC(=O)COc2cccc(C(C)C)c2)cnn1-c1ccc(F)cc1. The van der Waals surface area contributed by atoms with E-state index in [-0.39, 0.29) is 24.4 Å². The van der Waals surface area contributed by atoms with Crippen LogP contribution in [0.2, 0.25) is 0 Å². The molecule has 3 aromatic rings. The van der Waals surface area contributed by atoms with Gasteiger partial charge in [0.25, 0.3) is 5.91 Å². The lowest BCUT2D eigenvalue weighted by Crippen LogP contribution is -2.31. The second kappa shape index (κ2) is 8.90. The van der Waals surface area contributed by atoms with Crippen molar-refractivity contribution in [2.45, 2.75) is 39.7 Å². The van der Waals surface area contributed by atoms with Crippen LogP contribution in [0.5, 0.6) is 5.75 Å². The number of amides is 1. The highest BCUT2D eigenvalue weighted by Crippen LogP contribution is 2.21. The molecule has 1 amide bonds. The van der Waals surface area contributed by atoms with Crippen molar-refractivity contribution in [2.24, 2.45) is 0 Å². The van der Waals surface area contributed by atoms with Gasteiger partial charge in [-0.2, -0.15) is 5.10 Å². The smallest absolute Gasteiger partial charge is 0.258 e. The molecule has 0 saturated heterocycles. The van der Waals surface area contributed by atoms with Gasteiger partial charge in [-0.15, -0.1) is 0 Å². The van der Waals surface area contributed by atoms with Crippen molar-refractivity contribution in [1.82, 2.24) is 15.1 Å². The first-order chi connectivity index (χ1) is 13.8. The van der Waals surface area contributed by atoms with Gasteiger partial charge < -0.3 is 10.1 Å². The molecule has 29 heavy (non-hydrogen) atoms. The Hall–Kier alpha value is -3.15. The van der Waals surface area contributed by atoms with E-state index in [2.05, 4.69) is 24.3 Å². The van der Waals surface area contributed by atoms with E-state index in [0.717, 1.165) is 16.9 Å². The van der Waals surface area contributed by atoms with E-state index < -0.39 is 0 Å². The largest absolute Gasteiger partial charge is 0.484 e. The standard InChI is InChI=1S/C23H26FN3O2/c1-15(2)18-6-5-7-21(12-18)29-14-23(28)26-16(3)22-13-25-27(17(22)4)20-10-8-19(24)9-11-20/h5-13,15-16H,14H2,1-4H3,(H,26,28). The Labute approximate surface area is 170 Å². The first-order valence-electron chi connectivity index (χ1n) is 9.67. The van der Waals surface area contributed by atoms with Crippen molar-refractivity contribution < 1.29 is 13.9 Å². The van der Waals surface area contributed by atoms with Crippen molar-refractivity contribution in [3.05, 3.63) is 77.4 Å². The molecule has 3 rings (SSSR count). The van der Waals surface area contributed by atoms with Crippen molar-refractivity contribution in [3.8, 4) is 11.4 Å². The molecule has 0 saturated carbocycles. The number of carbonyl (C=O) groups excluding carboxylic acids is 1. The molecule has 6 heteroatoms. The maximum Gasteiger partial charge on any atom is 0.258 e. The molecule has 2 aromatic carbocycles. The minimum Gasteiger partial charge on any atom is -0.484 e. The number of carbonyl (C=O) groups is 1. The third-order valence-corrected chi connectivity index (χ3v) is 4.86. The molecule has 1 aromatic heterocycles. The van der Waals surface area contributed by atoms with Gasteiger partial charge in [0, 0.05) is 11.3 Å². The third kappa shape index (κ3) is 5.02. The molecule has 1 heterocycles. The zero-order valence-corrected chi connectivity index (χ0v) is 17.1. The van der Waals surface area contributed by atoms with Crippen LogP contribution >= 0.6 is 0 Å². The lowest BCUT2D eigenvalue weighted by Gasteiger charge is -2.15. The summed E-state index contributed by atoms with van der Waals surface area (Å²) >= 11 is 0. The van der Waals surface area contributed by atoms with Crippen molar-refractivity contribution in [2.75, 3.05) is 6.61 Å². The predicted octanol–water partition coefficient (Wildman–Crippen LogP) is 4.70. The quantitative estimate of drug-likeness (QED) is 0.631. The van der Waals surface area contributed by atoms with Gasteiger partial charge in [-0.3, -0.25) is 4.79 Å². The summed E-state index contributed by atoms with van der Waals surface area (Å²) in [6, 6.07) is 13.7. The second-order valence-corrected chi connectivity index (χ2v) is 7.38. The predicted molar refractivity (Wildman–Crippen MR) is 111 cm³/mol. The molecular weight excluding hydrogens is 369 g/mol. The molecule has 1 N–H and O–H groups in total. The number of halogens is 1. The van der Waals surface area contributed by atoms with Gasteiger partial charge in [-0.1, -0.05) is 26.0 Å². The van der Waals surface area contributed by atoms with Gasteiger partial charge in [-0.25, -0.2) is 9.07 Å². The lowest BCUT2D eigenvalue weighted by atomic mass is 10.0. The topological polar surface area (TPSA) is 56.1 Å². The van der Waals surface area contributed by atoms with Crippen LogP contribution in [-0.2, 0) is 4.79 Å². The fourth-order valence-electron chi connectivity index (χ4n) is 3.16. The normalized spacial score (nSPS) is 12.1. The number of ether oxygens (including phenoxy) is 1. The van der Waals surface area contributed by atoms with Crippen molar-refractivity contribution in [1.29, 1.82) is 0 Å². The third-order valence-electron chi connectivity index (χ3n) is 4.86. The average Bonchev–Trinajstić information content (AvgIpc) is 3.08. The lowest BCUT2D eigenvalue weighted by molar-refractivity contribution is -0.123. The number of benzene rings is 2. The summed E-state index contributed by atoms with van der Waals surface area (Å²) in [4.78, 5) is 12.3. The van der Waals surface area contributed by atoms with Crippen LogP contribution in [-0.4, -0.2) is 22.3 Å². The van der Waals surface area contributed by atoms with E-state index in [1.54, 1.807) is 23.0 Å². The summed E-state index contributed by atoms with van der Waals surface area (Å²) in [5.74, 6) is 0.576. The summed E-state index contributed by atoms with van der Waals surface area (Å²) in [7, 11) is 0. The van der Waals surface area contributed by atoms with Gasteiger partial charge >= 0.3 is 0 Å². The average molecular weight is 395 g/mol. The first kappa shape index (κ1) is 20.6. The fourth-order valence-corrected chi connectivity index (χ4v) is 3.16. The maximum atomic E-state index is 13.1. The van der Waals surface area contributed by atoms with Crippen molar-refractivity contribution >= 4 is 5.91 Å². The zero-order valence-electron chi connectivity index (χ0n) is 17.1. The molecule has 0 fully saturated rings. The summed E-state index contributed by atoms with van der Waals surface area (Å²) in [6.07, 6.45) is 1.72. The van der Waals surface area contributed by atoms with Gasteiger partial charge in [0.15, 0.2) is 6.61 Å². The Morgan fingerprint density at radius 3 is 2.59 bits per heavy atom. The minimum atomic E-state index is -0.293. The molecule has 0 bridgehead atoms. The van der Waals surface area contributed by atoms with Gasteiger partial charge in [-0.05, 0) is 61.7 Å². The Morgan fingerprint density at radius 2 is 1.90 bits per heavy atom. The zero-order chi connectivity index (χ0) is 21.0. The number of rotatable bonds is 7. The Morgan fingerprint density at radius 1 is 1.17 bits per heavy atom. The summed E-state index contributed by atoms with van der Waals surface area (Å²) in [5, 5.41) is 7.32. The number of aromatic nitrogens is 2. The second-order valence-electron chi connectivity index (χ2n) is 7.38. The molecule has 0 spiro atoms. The Bertz CT molecular complexity index is 980. The van der Waals surface area contributed by atoms with Gasteiger partial charge in [0.1, 0.15) is 11.6 Å².